The Kier molecular flexibility index (Phi) is 3.94. The van der Waals surface area contributed by atoms with E-state index in [0.29, 0.717) is 19.0 Å². The molecule has 0 aliphatic rings. The third-order valence-electron chi connectivity index (χ3n) is 1.63. The molecule has 14 heavy (non-hydrogen) atoms. The van der Waals surface area contributed by atoms with Crippen molar-refractivity contribution in [3.8, 4) is 5.75 Å². The van der Waals surface area contributed by atoms with E-state index in [1.165, 1.54) is 12.1 Å². The van der Waals surface area contributed by atoms with Crippen molar-refractivity contribution in [2.45, 2.75) is 0 Å². The fourth-order valence-electron chi connectivity index (χ4n) is 0.956. The second-order valence-corrected chi connectivity index (χ2v) is 2.66. The third kappa shape index (κ3) is 3.06. The first-order valence-corrected chi connectivity index (χ1v) is 4.17. The van der Waals surface area contributed by atoms with E-state index in [0.717, 1.165) is 0 Å². The van der Waals surface area contributed by atoms with Gasteiger partial charge in [-0.25, -0.2) is 9.90 Å². The molecule has 0 aromatic heterocycles. The lowest BCUT2D eigenvalue weighted by molar-refractivity contribution is 0.0572. The van der Waals surface area contributed by atoms with Crippen molar-refractivity contribution in [2.24, 2.45) is 0 Å². The molecule has 0 heterocycles. The van der Waals surface area contributed by atoms with Gasteiger partial charge in [0, 0.05) is 7.11 Å². The molecule has 0 aliphatic heterocycles. The topological polar surface area (TPSA) is 55.4 Å². The number of methoxy groups -OCH3 is 1. The van der Waals surface area contributed by atoms with Crippen LogP contribution in [0.2, 0.25) is 0 Å². The minimum Gasteiger partial charge on any atom is -0.491 e. The summed E-state index contributed by atoms with van der Waals surface area (Å²) in [4.78, 5) is 10.5. The van der Waals surface area contributed by atoms with E-state index in [1.807, 2.05) is 0 Å². The molecule has 1 radical (unpaired) electrons. The molecule has 1 aromatic carbocycles. The Morgan fingerprint density at radius 2 is 2.14 bits per heavy atom. The summed E-state index contributed by atoms with van der Waals surface area (Å²) < 4.78 is 10.0. The van der Waals surface area contributed by atoms with Crippen LogP contribution in [0.4, 0.5) is 0 Å². The van der Waals surface area contributed by atoms with Gasteiger partial charge in [-0.15, -0.1) is 0 Å². The Labute approximate surface area is 82.1 Å². The molecule has 0 saturated carbocycles. The van der Waals surface area contributed by atoms with Crippen molar-refractivity contribution < 1.29 is 19.4 Å². The van der Waals surface area contributed by atoms with Crippen LogP contribution < -0.4 is 4.74 Å². The summed E-state index contributed by atoms with van der Waals surface area (Å²) in [5.74, 6) is -0.703. The molecule has 0 amide bonds. The zero-order chi connectivity index (χ0) is 10.4. The van der Waals surface area contributed by atoms with E-state index in [9.17, 15) is 9.90 Å². The van der Waals surface area contributed by atoms with Gasteiger partial charge in [-0.05, 0) is 18.2 Å². The molecule has 0 spiro atoms. The normalized spacial score (nSPS) is 9.79. The minimum atomic E-state index is -1.21. The molecule has 0 saturated heterocycles. The van der Waals surface area contributed by atoms with Crippen LogP contribution in [0.5, 0.6) is 5.75 Å². The lowest BCUT2D eigenvalue weighted by atomic mass is 10.2. The quantitative estimate of drug-likeness (QED) is 0.665. The van der Waals surface area contributed by atoms with E-state index in [-0.39, 0.29) is 5.56 Å². The Morgan fingerprint density at radius 3 is 2.79 bits per heavy atom. The predicted molar refractivity (Wildman–Crippen MR) is 48.8 cm³/mol. The maximum Gasteiger partial charge on any atom is 0.386 e. The highest BCUT2D eigenvalue weighted by Crippen LogP contribution is 2.13. The van der Waals surface area contributed by atoms with Crippen molar-refractivity contribution in [1.82, 2.24) is 0 Å². The lowest BCUT2D eigenvalue weighted by Crippen LogP contribution is -2.04. The summed E-state index contributed by atoms with van der Waals surface area (Å²) in [6.45, 7) is 0.864. The van der Waals surface area contributed by atoms with Crippen molar-refractivity contribution in [2.75, 3.05) is 20.3 Å². The summed E-state index contributed by atoms with van der Waals surface area (Å²) >= 11 is 0. The smallest absolute Gasteiger partial charge is 0.386 e. The summed E-state index contributed by atoms with van der Waals surface area (Å²) in [5.41, 5.74) is 0.111. The SMILES string of the molecule is COCCOc1cccc(C([O])=O)c1. The molecule has 4 nitrogen and oxygen atoms in total. The van der Waals surface area contributed by atoms with E-state index >= 15 is 0 Å². The summed E-state index contributed by atoms with van der Waals surface area (Å²) in [5, 5.41) is 10.5. The van der Waals surface area contributed by atoms with Crippen molar-refractivity contribution in [1.29, 1.82) is 0 Å². The molecule has 0 fully saturated rings. The van der Waals surface area contributed by atoms with Gasteiger partial charge in [-0.2, -0.15) is 0 Å². The number of benzene rings is 1. The van der Waals surface area contributed by atoms with Crippen LogP contribution in [0.3, 0.4) is 0 Å². The zero-order valence-electron chi connectivity index (χ0n) is 7.86. The number of rotatable bonds is 5. The monoisotopic (exact) mass is 195 g/mol. The molecule has 0 aliphatic carbocycles. The molecule has 0 bridgehead atoms. The van der Waals surface area contributed by atoms with Gasteiger partial charge in [0.2, 0.25) is 0 Å². The average molecular weight is 195 g/mol. The van der Waals surface area contributed by atoms with E-state index in [1.54, 1.807) is 19.2 Å². The van der Waals surface area contributed by atoms with Gasteiger partial charge < -0.3 is 9.47 Å². The molecule has 4 heteroatoms. The second-order valence-electron chi connectivity index (χ2n) is 2.66. The lowest BCUT2D eigenvalue weighted by Gasteiger charge is -2.05. The number of ether oxygens (including phenoxy) is 2. The van der Waals surface area contributed by atoms with Gasteiger partial charge in [0.25, 0.3) is 0 Å². The largest absolute Gasteiger partial charge is 0.491 e. The minimum absolute atomic E-state index is 0.111. The van der Waals surface area contributed by atoms with Gasteiger partial charge in [0.05, 0.1) is 12.2 Å². The molecule has 0 N–H and O–H groups in total. The van der Waals surface area contributed by atoms with E-state index in [2.05, 4.69) is 0 Å². The van der Waals surface area contributed by atoms with Crippen LogP contribution in [-0.2, 0) is 9.84 Å². The van der Waals surface area contributed by atoms with Crippen LogP contribution in [0.15, 0.2) is 24.3 Å². The fourth-order valence-corrected chi connectivity index (χ4v) is 0.956. The predicted octanol–water partition coefficient (Wildman–Crippen LogP) is 1.28. The zero-order valence-corrected chi connectivity index (χ0v) is 7.86. The van der Waals surface area contributed by atoms with Crippen molar-refractivity contribution in [3.05, 3.63) is 29.8 Å². The van der Waals surface area contributed by atoms with Gasteiger partial charge in [-0.1, -0.05) is 6.07 Å². The molecular weight excluding hydrogens is 184 g/mol. The maximum atomic E-state index is 10.5. The number of carbonyl (C=O) groups is 1. The summed E-state index contributed by atoms with van der Waals surface area (Å²) in [6.07, 6.45) is 0. The van der Waals surface area contributed by atoms with Gasteiger partial charge in [0.15, 0.2) is 0 Å². The highest BCUT2D eigenvalue weighted by molar-refractivity contribution is 5.87. The maximum absolute atomic E-state index is 10.5. The first kappa shape index (κ1) is 10.5. The van der Waals surface area contributed by atoms with Crippen LogP contribution in [0, 0.1) is 0 Å². The number of hydrogen-bond acceptors (Lipinski definition) is 3. The number of carbonyl (C=O) groups excluding carboxylic acids is 1. The number of hydrogen-bond donors (Lipinski definition) is 0. The Balaban J connectivity index is 2.59. The Morgan fingerprint density at radius 1 is 1.36 bits per heavy atom. The highest BCUT2D eigenvalue weighted by Gasteiger charge is 2.05. The standard InChI is InChI=1S/C10H11O4/c1-13-5-6-14-9-4-2-3-8(7-9)10(11)12/h2-4,7H,5-6H2,1H3. The van der Waals surface area contributed by atoms with Crippen LogP contribution >= 0.6 is 0 Å². The summed E-state index contributed by atoms with van der Waals surface area (Å²) in [6, 6.07) is 6.17. The third-order valence-corrected chi connectivity index (χ3v) is 1.63. The molecule has 75 valence electrons. The fraction of sp³-hybridized carbons (Fsp3) is 0.300. The highest BCUT2D eigenvalue weighted by atomic mass is 16.5. The van der Waals surface area contributed by atoms with Crippen LogP contribution in [0.25, 0.3) is 0 Å². The van der Waals surface area contributed by atoms with Gasteiger partial charge in [-0.3, -0.25) is 0 Å². The van der Waals surface area contributed by atoms with Crippen LogP contribution in [0.1, 0.15) is 10.4 Å². The Bertz CT molecular complexity index is 309. The molecule has 0 unspecified atom stereocenters. The van der Waals surface area contributed by atoms with Crippen molar-refractivity contribution in [3.63, 3.8) is 0 Å². The van der Waals surface area contributed by atoms with Crippen molar-refractivity contribution >= 4 is 5.97 Å². The molecular formula is C10H11O4. The van der Waals surface area contributed by atoms with Crippen LogP contribution in [-0.4, -0.2) is 26.3 Å². The first-order chi connectivity index (χ1) is 6.74. The molecule has 1 rings (SSSR count). The average Bonchev–Trinajstić information content (AvgIpc) is 2.19. The Hall–Kier alpha value is -1.55. The first-order valence-electron chi connectivity index (χ1n) is 4.17. The molecule has 0 atom stereocenters. The van der Waals surface area contributed by atoms with E-state index < -0.39 is 5.97 Å². The second kappa shape index (κ2) is 5.24. The van der Waals surface area contributed by atoms with Gasteiger partial charge >= 0.3 is 5.97 Å². The van der Waals surface area contributed by atoms with E-state index in [4.69, 9.17) is 9.47 Å². The molecule has 1 aromatic rings. The summed E-state index contributed by atoms with van der Waals surface area (Å²) in [7, 11) is 1.57. The van der Waals surface area contributed by atoms with Gasteiger partial charge in [0.1, 0.15) is 12.4 Å².